The number of hydrogen-bond acceptors (Lipinski definition) is 5. The summed E-state index contributed by atoms with van der Waals surface area (Å²) in [5.41, 5.74) is 0.976. The summed E-state index contributed by atoms with van der Waals surface area (Å²) < 4.78 is 13.5. The number of aromatic nitrogens is 2. The number of carbonyl (C=O) groups is 1. The lowest BCUT2D eigenvalue weighted by molar-refractivity contribution is -0.116. The van der Waals surface area contributed by atoms with Crippen molar-refractivity contribution in [3.05, 3.63) is 59.1 Å². The van der Waals surface area contributed by atoms with Gasteiger partial charge in [-0.15, -0.1) is 0 Å². The summed E-state index contributed by atoms with van der Waals surface area (Å²) in [6, 6.07) is 12.5. The highest BCUT2D eigenvalue weighted by Crippen LogP contribution is 2.46. The number of fused-ring (bicyclic) bond motifs is 2. The highest BCUT2D eigenvalue weighted by atomic mass is 16.7. The SMILES string of the molecule is O=C(Cn1cnc2ccccc2c1=O)Nc1ccc2c(c1)OC1(CCCCC1)O2. The van der Waals surface area contributed by atoms with Gasteiger partial charge in [-0.25, -0.2) is 4.98 Å². The average molecular weight is 391 g/mol. The zero-order chi connectivity index (χ0) is 19.8. The number of amides is 1. The van der Waals surface area contributed by atoms with Gasteiger partial charge in [0.15, 0.2) is 11.5 Å². The third kappa shape index (κ3) is 3.33. The molecule has 148 valence electrons. The minimum atomic E-state index is -0.548. The zero-order valence-corrected chi connectivity index (χ0v) is 15.9. The maximum Gasteiger partial charge on any atom is 0.261 e. The van der Waals surface area contributed by atoms with E-state index in [4.69, 9.17) is 9.47 Å². The smallest absolute Gasteiger partial charge is 0.261 e. The first kappa shape index (κ1) is 17.7. The molecule has 1 spiro atoms. The van der Waals surface area contributed by atoms with Crippen LogP contribution in [0.3, 0.4) is 0 Å². The fourth-order valence-electron chi connectivity index (χ4n) is 4.04. The zero-order valence-electron chi connectivity index (χ0n) is 15.9. The number of nitrogens with zero attached hydrogens (tertiary/aromatic N) is 2. The van der Waals surface area contributed by atoms with E-state index >= 15 is 0 Å². The summed E-state index contributed by atoms with van der Waals surface area (Å²) in [4.78, 5) is 29.3. The third-order valence-electron chi connectivity index (χ3n) is 5.48. The Morgan fingerprint density at radius 1 is 1.07 bits per heavy atom. The maximum absolute atomic E-state index is 12.5. The van der Waals surface area contributed by atoms with Gasteiger partial charge >= 0.3 is 0 Å². The molecule has 2 aliphatic rings. The molecule has 1 saturated carbocycles. The van der Waals surface area contributed by atoms with Crippen molar-refractivity contribution in [1.29, 1.82) is 0 Å². The second kappa shape index (κ2) is 6.92. The average Bonchev–Trinajstić information content (AvgIpc) is 3.07. The summed E-state index contributed by atoms with van der Waals surface area (Å²) in [5, 5.41) is 3.31. The van der Waals surface area contributed by atoms with Gasteiger partial charge in [0.05, 0.1) is 17.2 Å². The van der Waals surface area contributed by atoms with Crippen molar-refractivity contribution in [2.75, 3.05) is 5.32 Å². The van der Waals surface area contributed by atoms with Gasteiger partial charge in [0.1, 0.15) is 6.54 Å². The first-order chi connectivity index (χ1) is 14.1. The van der Waals surface area contributed by atoms with Gasteiger partial charge in [-0.2, -0.15) is 0 Å². The number of carbonyl (C=O) groups excluding carboxylic acids is 1. The van der Waals surface area contributed by atoms with Gasteiger partial charge in [-0.3, -0.25) is 14.2 Å². The molecule has 1 amide bonds. The van der Waals surface area contributed by atoms with Crippen molar-refractivity contribution >= 4 is 22.5 Å². The predicted molar refractivity (Wildman–Crippen MR) is 108 cm³/mol. The topological polar surface area (TPSA) is 82.5 Å². The van der Waals surface area contributed by atoms with Gasteiger partial charge < -0.3 is 14.8 Å². The fourth-order valence-corrected chi connectivity index (χ4v) is 4.04. The van der Waals surface area contributed by atoms with Gasteiger partial charge in [-0.05, 0) is 37.1 Å². The molecule has 2 heterocycles. The molecule has 1 aliphatic carbocycles. The van der Waals surface area contributed by atoms with Crippen molar-refractivity contribution in [2.24, 2.45) is 0 Å². The van der Waals surface area contributed by atoms with Crippen LogP contribution in [0.25, 0.3) is 10.9 Å². The molecule has 0 unspecified atom stereocenters. The lowest BCUT2D eigenvalue weighted by atomic mass is 9.94. The number of ether oxygens (including phenoxy) is 2. The van der Waals surface area contributed by atoms with Crippen molar-refractivity contribution < 1.29 is 14.3 Å². The van der Waals surface area contributed by atoms with Gasteiger partial charge in [0.25, 0.3) is 11.3 Å². The molecule has 1 aromatic heterocycles. The lowest BCUT2D eigenvalue weighted by Gasteiger charge is -2.31. The van der Waals surface area contributed by atoms with Crippen molar-refractivity contribution in [2.45, 2.75) is 44.4 Å². The van der Waals surface area contributed by atoms with E-state index in [0.29, 0.717) is 28.1 Å². The van der Waals surface area contributed by atoms with Gasteiger partial charge in [0, 0.05) is 24.6 Å². The van der Waals surface area contributed by atoms with E-state index in [1.165, 1.54) is 17.3 Å². The molecule has 5 rings (SSSR count). The fraction of sp³-hybridized carbons (Fsp3) is 0.318. The van der Waals surface area contributed by atoms with E-state index in [0.717, 1.165) is 25.7 Å². The van der Waals surface area contributed by atoms with E-state index < -0.39 is 5.79 Å². The number of para-hydroxylation sites is 1. The Bertz CT molecular complexity index is 1150. The molecule has 0 bridgehead atoms. The van der Waals surface area contributed by atoms with Crippen LogP contribution in [-0.2, 0) is 11.3 Å². The summed E-state index contributed by atoms with van der Waals surface area (Å²) in [5.74, 6) is 0.498. The second-order valence-corrected chi connectivity index (χ2v) is 7.58. The molecule has 0 saturated heterocycles. The van der Waals surface area contributed by atoms with Gasteiger partial charge in [0.2, 0.25) is 5.91 Å². The molecule has 29 heavy (non-hydrogen) atoms. The van der Waals surface area contributed by atoms with Crippen LogP contribution >= 0.6 is 0 Å². The summed E-state index contributed by atoms with van der Waals surface area (Å²) >= 11 is 0. The number of nitrogens with one attached hydrogen (secondary N) is 1. The Kier molecular flexibility index (Phi) is 4.23. The van der Waals surface area contributed by atoms with Crippen LogP contribution in [0.5, 0.6) is 11.5 Å². The van der Waals surface area contributed by atoms with Crippen molar-refractivity contribution in [3.8, 4) is 11.5 Å². The lowest BCUT2D eigenvalue weighted by Crippen LogP contribution is -2.40. The van der Waals surface area contributed by atoms with E-state index in [2.05, 4.69) is 10.3 Å². The molecule has 3 aromatic rings. The highest BCUT2D eigenvalue weighted by molar-refractivity contribution is 5.91. The third-order valence-corrected chi connectivity index (χ3v) is 5.48. The first-order valence-corrected chi connectivity index (χ1v) is 9.88. The van der Waals surface area contributed by atoms with E-state index in [1.54, 1.807) is 30.3 Å². The number of benzene rings is 2. The van der Waals surface area contributed by atoms with E-state index in [9.17, 15) is 9.59 Å². The normalized spacial score (nSPS) is 16.8. The number of hydrogen-bond donors (Lipinski definition) is 1. The minimum absolute atomic E-state index is 0.116. The summed E-state index contributed by atoms with van der Waals surface area (Å²) in [6.07, 6.45) is 6.53. The molecule has 7 heteroatoms. The van der Waals surface area contributed by atoms with Crippen LogP contribution < -0.4 is 20.3 Å². The quantitative estimate of drug-likeness (QED) is 0.739. The van der Waals surface area contributed by atoms with Crippen LogP contribution in [0, 0.1) is 0 Å². The second-order valence-electron chi connectivity index (χ2n) is 7.58. The van der Waals surface area contributed by atoms with Gasteiger partial charge in [-0.1, -0.05) is 18.6 Å². The monoisotopic (exact) mass is 391 g/mol. The Labute approximate surface area is 167 Å². The summed E-state index contributed by atoms with van der Waals surface area (Å²) in [7, 11) is 0. The molecule has 1 N–H and O–H groups in total. The molecule has 1 fully saturated rings. The van der Waals surface area contributed by atoms with Crippen LogP contribution in [0.15, 0.2) is 53.6 Å². The van der Waals surface area contributed by atoms with Crippen LogP contribution in [0.2, 0.25) is 0 Å². The van der Waals surface area contributed by atoms with E-state index in [-0.39, 0.29) is 18.0 Å². The Hall–Kier alpha value is -3.35. The minimum Gasteiger partial charge on any atom is -0.448 e. The molecular formula is C22H21N3O4. The predicted octanol–water partition coefficient (Wildman–Crippen LogP) is 3.47. The molecule has 2 aromatic carbocycles. The van der Waals surface area contributed by atoms with Crippen LogP contribution in [0.1, 0.15) is 32.1 Å². The Morgan fingerprint density at radius 2 is 1.86 bits per heavy atom. The number of rotatable bonds is 3. The van der Waals surface area contributed by atoms with E-state index in [1.807, 2.05) is 12.1 Å². The number of anilines is 1. The maximum atomic E-state index is 12.5. The van der Waals surface area contributed by atoms with Crippen molar-refractivity contribution in [1.82, 2.24) is 9.55 Å². The molecule has 0 atom stereocenters. The summed E-state index contributed by atoms with van der Waals surface area (Å²) in [6.45, 7) is -0.116. The largest absolute Gasteiger partial charge is 0.448 e. The Morgan fingerprint density at radius 3 is 2.72 bits per heavy atom. The van der Waals surface area contributed by atoms with Crippen LogP contribution in [0.4, 0.5) is 5.69 Å². The molecule has 0 radical (unpaired) electrons. The molecule has 1 aliphatic heterocycles. The molecule has 7 nitrogen and oxygen atoms in total. The highest BCUT2D eigenvalue weighted by Gasteiger charge is 2.42. The van der Waals surface area contributed by atoms with Crippen LogP contribution in [-0.4, -0.2) is 21.2 Å². The first-order valence-electron chi connectivity index (χ1n) is 9.88. The Balaban J connectivity index is 1.31. The standard InChI is InChI=1S/C22H21N3O4/c26-20(13-25-14-23-17-7-3-2-6-16(17)21(25)27)24-15-8-9-18-19(12-15)29-22(28-18)10-4-1-5-11-22/h2-3,6-9,12,14H,1,4-5,10-11,13H2,(H,24,26). The molecular weight excluding hydrogens is 370 g/mol. The van der Waals surface area contributed by atoms with Crippen molar-refractivity contribution in [3.63, 3.8) is 0 Å².